The fourth-order valence-electron chi connectivity index (χ4n) is 6.14. The van der Waals surface area contributed by atoms with Crippen LogP contribution in [0.1, 0.15) is 43.2 Å². The van der Waals surface area contributed by atoms with E-state index in [0.717, 1.165) is 16.7 Å². The van der Waals surface area contributed by atoms with Gasteiger partial charge in [-0.2, -0.15) is 0 Å². The van der Waals surface area contributed by atoms with Crippen LogP contribution in [0.5, 0.6) is 5.75 Å². The molecule has 0 aromatic heterocycles. The molecule has 3 aromatic carbocycles. The fourth-order valence-corrected chi connectivity index (χ4v) is 6.26. The molecule has 2 aliphatic rings. The van der Waals surface area contributed by atoms with Gasteiger partial charge in [-0.15, -0.1) is 25.6 Å². The number of carbonyl (C=O) groups excluding carboxylic acids is 2. The van der Waals surface area contributed by atoms with Gasteiger partial charge in [0, 0.05) is 68.1 Å². The van der Waals surface area contributed by atoms with Gasteiger partial charge < -0.3 is 19.9 Å². The lowest BCUT2D eigenvalue weighted by Gasteiger charge is -2.42. The first-order valence-electron chi connectivity index (χ1n) is 14.5. The Labute approximate surface area is 266 Å². The van der Waals surface area contributed by atoms with Gasteiger partial charge in [0.1, 0.15) is 5.75 Å². The molecule has 3 aromatic rings. The zero-order chi connectivity index (χ0) is 30.6. The molecule has 6 nitrogen and oxygen atoms in total. The summed E-state index contributed by atoms with van der Waals surface area (Å²) in [5, 5.41) is 4.08. The van der Waals surface area contributed by atoms with Gasteiger partial charge in [-0.3, -0.25) is 9.59 Å². The Kier molecular flexibility index (Phi) is 11.2. The van der Waals surface area contributed by atoms with E-state index in [2.05, 4.69) is 10.1 Å². The van der Waals surface area contributed by atoms with Crippen molar-refractivity contribution in [2.75, 3.05) is 26.2 Å². The maximum atomic E-state index is 13.5. The molecular weight excluding hydrogens is 614 g/mol. The van der Waals surface area contributed by atoms with Crippen LogP contribution >= 0.6 is 24.0 Å². The van der Waals surface area contributed by atoms with E-state index in [4.69, 9.17) is 11.6 Å². The second-order valence-corrected chi connectivity index (χ2v) is 11.7. The molecule has 0 unspecified atom stereocenters. The molecule has 0 bridgehead atoms. The summed E-state index contributed by atoms with van der Waals surface area (Å²) in [7, 11) is 0. The highest BCUT2D eigenvalue weighted by Crippen LogP contribution is 2.34. The normalized spacial score (nSPS) is 19.3. The van der Waals surface area contributed by atoms with E-state index in [1.807, 2.05) is 47.4 Å². The minimum Gasteiger partial charge on any atom is -0.405 e. The smallest absolute Gasteiger partial charge is 0.405 e. The Balaban J connectivity index is 0.00000442. The van der Waals surface area contributed by atoms with E-state index in [1.54, 1.807) is 36.1 Å². The molecule has 236 valence electrons. The summed E-state index contributed by atoms with van der Waals surface area (Å²) in [6.07, 6.45) is -2.88. The highest BCUT2D eigenvalue weighted by atomic mass is 35.5. The number of halogens is 5. The molecule has 1 N–H and O–H groups in total. The highest BCUT2D eigenvalue weighted by molar-refractivity contribution is 6.30. The summed E-state index contributed by atoms with van der Waals surface area (Å²) in [5.41, 5.74) is 3.02. The summed E-state index contributed by atoms with van der Waals surface area (Å²) in [6, 6.07) is 21.6. The zero-order valence-electron chi connectivity index (χ0n) is 24.4. The van der Waals surface area contributed by atoms with Gasteiger partial charge in [-0.25, -0.2) is 0 Å². The summed E-state index contributed by atoms with van der Waals surface area (Å²) >= 11 is 6.03. The molecule has 5 rings (SSSR count). The van der Waals surface area contributed by atoms with Crippen LogP contribution in [0, 0.1) is 5.92 Å². The van der Waals surface area contributed by atoms with Crippen molar-refractivity contribution in [2.45, 2.75) is 51.1 Å². The zero-order valence-corrected chi connectivity index (χ0v) is 25.9. The first kappa shape index (κ1) is 33.6. The number of carbonyl (C=O) groups is 2. The van der Waals surface area contributed by atoms with Gasteiger partial charge in [-0.05, 0) is 60.2 Å². The number of ether oxygens (including phenoxy) is 1. The maximum absolute atomic E-state index is 13.5. The van der Waals surface area contributed by atoms with Crippen molar-refractivity contribution in [2.24, 2.45) is 5.92 Å². The molecule has 2 amide bonds. The summed E-state index contributed by atoms with van der Waals surface area (Å²) in [4.78, 5) is 29.0. The number of likely N-dealkylation sites (tertiary alicyclic amines) is 2. The topological polar surface area (TPSA) is 61.9 Å². The van der Waals surface area contributed by atoms with Crippen LogP contribution in [0.15, 0.2) is 72.8 Å². The molecule has 2 saturated heterocycles. The maximum Gasteiger partial charge on any atom is 0.573 e. The first-order valence-corrected chi connectivity index (χ1v) is 14.9. The van der Waals surface area contributed by atoms with Crippen molar-refractivity contribution in [3.8, 4) is 16.9 Å². The van der Waals surface area contributed by atoms with Crippen molar-refractivity contribution in [1.82, 2.24) is 15.1 Å². The van der Waals surface area contributed by atoms with Gasteiger partial charge in [0.25, 0.3) is 0 Å². The third-order valence-corrected chi connectivity index (χ3v) is 8.71. The minimum absolute atomic E-state index is 0. The molecular formula is C33H36Cl2F3N3O3. The van der Waals surface area contributed by atoms with Gasteiger partial charge >= 0.3 is 6.36 Å². The second kappa shape index (κ2) is 14.7. The van der Waals surface area contributed by atoms with E-state index >= 15 is 0 Å². The lowest BCUT2D eigenvalue weighted by molar-refractivity contribution is -0.274. The lowest BCUT2D eigenvalue weighted by atomic mass is 9.84. The van der Waals surface area contributed by atoms with Gasteiger partial charge in [0.05, 0.1) is 0 Å². The second-order valence-electron chi connectivity index (χ2n) is 11.2. The number of nitrogens with one attached hydrogen (secondary N) is 1. The van der Waals surface area contributed by atoms with Crippen molar-refractivity contribution in [1.29, 1.82) is 0 Å². The lowest BCUT2D eigenvalue weighted by Crippen LogP contribution is -2.52. The molecule has 0 spiro atoms. The highest BCUT2D eigenvalue weighted by Gasteiger charge is 2.37. The molecule has 2 heterocycles. The summed E-state index contributed by atoms with van der Waals surface area (Å²) < 4.78 is 44.3. The van der Waals surface area contributed by atoms with Crippen molar-refractivity contribution < 1.29 is 27.5 Å². The number of piperidine rings is 2. The molecule has 0 saturated carbocycles. The molecule has 44 heavy (non-hydrogen) atoms. The molecule has 2 atom stereocenters. The Morgan fingerprint density at radius 1 is 0.909 bits per heavy atom. The van der Waals surface area contributed by atoms with Crippen LogP contribution in [0.2, 0.25) is 5.02 Å². The summed E-state index contributed by atoms with van der Waals surface area (Å²) in [6.45, 7) is 3.93. The van der Waals surface area contributed by atoms with Crippen LogP contribution in [-0.2, 0) is 16.1 Å². The predicted octanol–water partition coefficient (Wildman–Crippen LogP) is 7.06. The minimum atomic E-state index is -4.82. The van der Waals surface area contributed by atoms with Gasteiger partial charge in [0.15, 0.2) is 0 Å². The van der Waals surface area contributed by atoms with E-state index in [0.29, 0.717) is 56.0 Å². The van der Waals surface area contributed by atoms with Crippen molar-refractivity contribution in [3.05, 3.63) is 88.9 Å². The van der Waals surface area contributed by atoms with Crippen LogP contribution < -0.4 is 10.1 Å². The Bertz CT molecular complexity index is 1420. The summed E-state index contributed by atoms with van der Waals surface area (Å²) in [5.74, 6) is -0.279. The van der Waals surface area contributed by atoms with Gasteiger partial charge in [0.2, 0.25) is 11.8 Å². The van der Waals surface area contributed by atoms with Crippen LogP contribution in [0.25, 0.3) is 11.1 Å². The third kappa shape index (κ3) is 8.46. The van der Waals surface area contributed by atoms with E-state index in [-0.39, 0.29) is 54.4 Å². The number of benzene rings is 3. The fraction of sp³-hybridized carbons (Fsp3) is 0.394. The van der Waals surface area contributed by atoms with Crippen LogP contribution in [-0.4, -0.2) is 60.2 Å². The third-order valence-electron chi connectivity index (χ3n) is 8.46. The average molecular weight is 651 g/mol. The molecule has 2 aliphatic heterocycles. The SMILES string of the molecule is CC(=O)N1CCC(C(=O)N2CC[C@H](NCc3cc(-c4ccc(Cl)cc4)ccc3OC(F)(F)F)[C@H](c3ccccc3)C2)CC1.Cl. The van der Waals surface area contributed by atoms with E-state index in [9.17, 15) is 22.8 Å². The number of hydrogen-bond donors (Lipinski definition) is 1. The van der Waals surface area contributed by atoms with E-state index in [1.165, 1.54) is 6.07 Å². The standard InChI is InChI=1S/C33H35ClF3N3O3.ClH/c1-22(41)39-16-13-25(14-17-39)32(42)40-18-15-30(29(21-40)24-5-3-2-4-6-24)38-20-27-19-26(23-7-10-28(34)11-8-23)9-12-31(27)43-33(35,36)37;/h2-12,19,25,29-30,38H,13-18,20-21H2,1H3;1H/t29-,30-;/m0./s1. The number of hydrogen-bond acceptors (Lipinski definition) is 4. The average Bonchev–Trinajstić information content (AvgIpc) is 3.00. The molecule has 2 fully saturated rings. The number of alkyl halides is 3. The molecule has 0 radical (unpaired) electrons. The molecule has 11 heteroatoms. The Morgan fingerprint density at radius 3 is 2.18 bits per heavy atom. The van der Waals surface area contributed by atoms with Crippen molar-refractivity contribution in [3.63, 3.8) is 0 Å². The predicted molar refractivity (Wildman–Crippen MR) is 167 cm³/mol. The number of nitrogens with zero attached hydrogens (tertiary/aromatic N) is 2. The van der Waals surface area contributed by atoms with Crippen molar-refractivity contribution >= 4 is 35.8 Å². The number of amides is 2. The van der Waals surface area contributed by atoms with Crippen LogP contribution in [0.4, 0.5) is 13.2 Å². The largest absolute Gasteiger partial charge is 0.573 e. The Morgan fingerprint density at radius 2 is 1.55 bits per heavy atom. The Hall–Kier alpha value is -3.27. The first-order chi connectivity index (χ1) is 20.6. The van der Waals surface area contributed by atoms with E-state index < -0.39 is 6.36 Å². The quantitative estimate of drug-likeness (QED) is 0.298. The van der Waals surface area contributed by atoms with Crippen LogP contribution in [0.3, 0.4) is 0 Å². The molecule has 0 aliphatic carbocycles. The number of rotatable bonds is 7. The van der Waals surface area contributed by atoms with Gasteiger partial charge in [-0.1, -0.05) is 60.1 Å². The monoisotopic (exact) mass is 649 g/mol.